The van der Waals surface area contributed by atoms with E-state index in [1.165, 1.54) is 0 Å². The number of nitrogens with zero attached hydrogens (tertiary/aromatic N) is 1. The molecular formula is C11H17N3O3. The van der Waals surface area contributed by atoms with Crippen LogP contribution in [-0.2, 0) is 14.4 Å². The molecule has 0 spiro atoms. The van der Waals surface area contributed by atoms with Gasteiger partial charge in [-0.05, 0) is 6.42 Å². The van der Waals surface area contributed by atoms with Crippen LogP contribution < -0.4 is 10.6 Å². The Labute approximate surface area is 99.7 Å². The van der Waals surface area contributed by atoms with E-state index < -0.39 is 0 Å². The predicted octanol–water partition coefficient (Wildman–Crippen LogP) is -1.14. The molecule has 2 aliphatic heterocycles. The molecule has 0 aromatic carbocycles. The standard InChI is InChI=1S/C11H17N3O3/c1-2-8-10(16)12-3-4-14(8)11(17)7-5-9(15)13-6-7/h7-8H,2-6H2,1H3,(H,12,16)(H,13,15). The molecular weight excluding hydrogens is 222 g/mol. The second-order valence-electron chi connectivity index (χ2n) is 4.45. The zero-order chi connectivity index (χ0) is 12.4. The van der Waals surface area contributed by atoms with Crippen LogP contribution in [0.3, 0.4) is 0 Å². The Kier molecular flexibility index (Phi) is 3.31. The van der Waals surface area contributed by atoms with Crippen LogP contribution in [-0.4, -0.2) is 48.3 Å². The van der Waals surface area contributed by atoms with E-state index in [0.717, 1.165) is 0 Å². The van der Waals surface area contributed by atoms with Crippen LogP contribution in [0.25, 0.3) is 0 Å². The molecule has 2 fully saturated rings. The number of carbonyl (C=O) groups is 3. The topological polar surface area (TPSA) is 78.5 Å². The highest BCUT2D eigenvalue weighted by atomic mass is 16.2. The zero-order valence-electron chi connectivity index (χ0n) is 9.86. The lowest BCUT2D eigenvalue weighted by molar-refractivity contribution is -0.146. The van der Waals surface area contributed by atoms with Crippen molar-refractivity contribution in [2.24, 2.45) is 5.92 Å². The number of amides is 3. The molecule has 0 saturated carbocycles. The van der Waals surface area contributed by atoms with Gasteiger partial charge in [-0.15, -0.1) is 0 Å². The molecule has 0 aromatic heterocycles. The van der Waals surface area contributed by atoms with Crippen LogP contribution in [0.1, 0.15) is 19.8 Å². The fourth-order valence-corrected chi connectivity index (χ4v) is 2.40. The summed E-state index contributed by atoms with van der Waals surface area (Å²) < 4.78 is 0. The van der Waals surface area contributed by atoms with Gasteiger partial charge in [-0.25, -0.2) is 0 Å². The van der Waals surface area contributed by atoms with Gasteiger partial charge in [0.2, 0.25) is 17.7 Å². The third-order valence-electron chi connectivity index (χ3n) is 3.33. The summed E-state index contributed by atoms with van der Waals surface area (Å²) in [6.45, 7) is 3.31. The maximum absolute atomic E-state index is 12.2. The molecule has 2 atom stereocenters. The molecule has 2 saturated heterocycles. The largest absolute Gasteiger partial charge is 0.355 e. The molecule has 2 heterocycles. The lowest BCUT2D eigenvalue weighted by Crippen LogP contribution is -2.58. The Morgan fingerprint density at radius 3 is 2.76 bits per heavy atom. The van der Waals surface area contributed by atoms with Crippen LogP contribution in [0.5, 0.6) is 0 Å². The number of nitrogens with one attached hydrogen (secondary N) is 2. The Morgan fingerprint density at radius 1 is 1.41 bits per heavy atom. The molecule has 2 unspecified atom stereocenters. The van der Waals surface area contributed by atoms with Gasteiger partial charge >= 0.3 is 0 Å². The average molecular weight is 239 g/mol. The van der Waals surface area contributed by atoms with Gasteiger partial charge in [-0.3, -0.25) is 14.4 Å². The summed E-state index contributed by atoms with van der Waals surface area (Å²) in [5.41, 5.74) is 0. The van der Waals surface area contributed by atoms with Crippen LogP contribution in [0, 0.1) is 5.92 Å². The van der Waals surface area contributed by atoms with Crippen molar-refractivity contribution in [1.29, 1.82) is 0 Å². The van der Waals surface area contributed by atoms with Gasteiger partial charge in [0.1, 0.15) is 6.04 Å². The monoisotopic (exact) mass is 239 g/mol. The second kappa shape index (κ2) is 4.73. The van der Waals surface area contributed by atoms with E-state index in [-0.39, 0.29) is 36.1 Å². The Balaban J connectivity index is 2.06. The number of carbonyl (C=O) groups excluding carboxylic acids is 3. The van der Waals surface area contributed by atoms with E-state index in [4.69, 9.17) is 0 Å². The number of hydrogen-bond donors (Lipinski definition) is 2. The maximum Gasteiger partial charge on any atom is 0.242 e. The number of rotatable bonds is 2. The molecule has 6 nitrogen and oxygen atoms in total. The van der Waals surface area contributed by atoms with E-state index in [1.54, 1.807) is 4.90 Å². The van der Waals surface area contributed by atoms with Gasteiger partial charge in [0.15, 0.2) is 0 Å². The molecule has 2 N–H and O–H groups in total. The average Bonchev–Trinajstić information content (AvgIpc) is 2.74. The summed E-state index contributed by atoms with van der Waals surface area (Å²) >= 11 is 0. The van der Waals surface area contributed by atoms with Crippen molar-refractivity contribution < 1.29 is 14.4 Å². The fourth-order valence-electron chi connectivity index (χ4n) is 2.40. The Bertz CT molecular complexity index is 356. The summed E-state index contributed by atoms with van der Waals surface area (Å²) in [5, 5.41) is 5.40. The molecule has 0 bridgehead atoms. The SMILES string of the molecule is CCC1C(=O)NCCN1C(=O)C1CNC(=O)C1. The molecule has 17 heavy (non-hydrogen) atoms. The summed E-state index contributed by atoms with van der Waals surface area (Å²) in [5.74, 6) is -0.560. The summed E-state index contributed by atoms with van der Waals surface area (Å²) in [4.78, 5) is 36.6. The quantitative estimate of drug-likeness (QED) is 0.639. The highest BCUT2D eigenvalue weighted by Gasteiger charge is 2.37. The van der Waals surface area contributed by atoms with Crippen molar-refractivity contribution in [2.45, 2.75) is 25.8 Å². The van der Waals surface area contributed by atoms with Gasteiger partial charge in [-0.1, -0.05) is 6.92 Å². The smallest absolute Gasteiger partial charge is 0.242 e. The Morgan fingerprint density at radius 2 is 2.18 bits per heavy atom. The van der Waals surface area contributed by atoms with Gasteiger partial charge < -0.3 is 15.5 Å². The number of hydrogen-bond acceptors (Lipinski definition) is 3. The van der Waals surface area contributed by atoms with E-state index in [9.17, 15) is 14.4 Å². The fraction of sp³-hybridized carbons (Fsp3) is 0.727. The summed E-state index contributed by atoms with van der Waals surface area (Å²) in [6, 6.07) is -0.382. The second-order valence-corrected chi connectivity index (χ2v) is 4.45. The minimum atomic E-state index is -0.382. The van der Waals surface area contributed by atoms with Crippen molar-refractivity contribution in [1.82, 2.24) is 15.5 Å². The van der Waals surface area contributed by atoms with Crippen molar-refractivity contribution in [3.8, 4) is 0 Å². The molecule has 2 rings (SSSR count). The van der Waals surface area contributed by atoms with Gasteiger partial charge in [-0.2, -0.15) is 0 Å². The third kappa shape index (κ3) is 2.25. The predicted molar refractivity (Wildman–Crippen MR) is 59.9 cm³/mol. The van der Waals surface area contributed by atoms with Crippen molar-refractivity contribution in [2.75, 3.05) is 19.6 Å². The van der Waals surface area contributed by atoms with Gasteiger partial charge in [0.25, 0.3) is 0 Å². The minimum absolute atomic E-state index is 0.0787. The minimum Gasteiger partial charge on any atom is -0.355 e. The molecule has 0 radical (unpaired) electrons. The summed E-state index contributed by atoms with van der Waals surface area (Å²) in [7, 11) is 0. The van der Waals surface area contributed by atoms with E-state index in [2.05, 4.69) is 10.6 Å². The van der Waals surface area contributed by atoms with E-state index in [1.807, 2.05) is 6.92 Å². The molecule has 0 aliphatic carbocycles. The molecule has 6 heteroatoms. The van der Waals surface area contributed by atoms with Crippen molar-refractivity contribution in [3.05, 3.63) is 0 Å². The molecule has 3 amide bonds. The zero-order valence-corrected chi connectivity index (χ0v) is 9.86. The van der Waals surface area contributed by atoms with Crippen LogP contribution in [0.15, 0.2) is 0 Å². The van der Waals surface area contributed by atoms with Crippen LogP contribution in [0.4, 0.5) is 0 Å². The first-order chi connectivity index (χ1) is 8.13. The number of piperazine rings is 1. The van der Waals surface area contributed by atoms with Crippen molar-refractivity contribution >= 4 is 17.7 Å². The molecule has 2 aliphatic rings. The lowest BCUT2D eigenvalue weighted by atomic mass is 10.0. The highest BCUT2D eigenvalue weighted by Crippen LogP contribution is 2.17. The highest BCUT2D eigenvalue weighted by molar-refractivity contribution is 5.93. The first-order valence-electron chi connectivity index (χ1n) is 5.98. The third-order valence-corrected chi connectivity index (χ3v) is 3.33. The first-order valence-corrected chi connectivity index (χ1v) is 5.98. The molecule has 0 aromatic rings. The normalized spacial score (nSPS) is 28.9. The van der Waals surface area contributed by atoms with Gasteiger partial charge in [0.05, 0.1) is 5.92 Å². The Hall–Kier alpha value is -1.59. The summed E-state index contributed by atoms with van der Waals surface area (Å²) in [6.07, 6.45) is 0.846. The first kappa shape index (κ1) is 11.9. The maximum atomic E-state index is 12.2. The van der Waals surface area contributed by atoms with E-state index in [0.29, 0.717) is 26.1 Å². The van der Waals surface area contributed by atoms with Crippen molar-refractivity contribution in [3.63, 3.8) is 0 Å². The van der Waals surface area contributed by atoms with Gasteiger partial charge in [0, 0.05) is 26.1 Å². The van der Waals surface area contributed by atoms with E-state index >= 15 is 0 Å². The molecule has 94 valence electrons. The lowest BCUT2D eigenvalue weighted by Gasteiger charge is -2.35. The van der Waals surface area contributed by atoms with Crippen LogP contribution >= 0.6 is 0 Å². The van der Waals surface area contributed by atoms with Crippen LogP contribution in [0.2, 0.25) is 0 Å².